The molecule has 0 aliphatic carbocycles. The van der Waals surface area contributed by atoms with E-state index in [2.05, 4.69) is 4.90 Å². The Labute approximate surface area is 117 Å². The van der Waals surface area contributed by atoms with Gasteiger partial charge < -0.3 is 13.9 Å². The fourth-order valence-corrected chi connectivity index (χ4v) is 4.35. The van der Waals surface area contributed by atoms with E-state index in [1.165, 1.54) is 45.2 Å². The summed E-state index contributed by atoms with van der Waals surface area (Å²) in [6.45, 7) is 7.20. The van der Waals surface area contributed by atoms with Crippen LogP contribution in [0.3, 0.4) is 0 Å². The van der Waals surface area contributed by atoms with Crippen molar-refractivity contribution in [2.24, 2.45) is 5.92 Å². The molecule has 0 bridgehead atoms. The first-order valence-electron chi connectivity index (χ1n) is 7.73. The van der Waals surface area contributed by atoms with Crippen LogP contribution in [0.4, 0.5) is 0 Å². The van der Waals surface area contributed by atoms with E-state index in [1.54, 1.807) is 6.66 Å². The summed E-state index contributed by atoms with van der Waals surface area (Å²) in [6, 6.07) is 0.647. The van der Waals surface area contributed by atoms with E-state index >= 15 is 0 Å². The summed E-state index contributed by atoms with van der Waals surface area (Å²) in [5, 5.41) is 0. The smallest absolute Gasteiger partial charge is 0.309 e. The second kappa shape index (κ2) is 7.21. The molecule has 0 spiro atoms. The van der Waals surface area contributed by atoms with Crippen molar-refractivity contribution in [3.63, 3.8) is 0 Å². The minimum absolute atomic E-state index is 0.522. The van der Waals surface area contributed by atoms with Crippen molar-refractivity contribution in [1.29, 1.82) is 0 Å². The van der Waals surface area contributed by atoms with Crippen molar-refractivity contribution < 1.29 is 13.6 Å². The summed E-state index contributed by atoms with van der Waals surface area (Å²) in [7, 11) is -2.84. The molecular weight excluding hydrogens is 261 g/mol. The Morgan fingerprint density at radius 1 is 1.16 bits per heavy atom. The lowest BCUT2D eigenvalue weighted by Crippen LogP contribution is -2.49. The van der Waals surface area contributed by atoms with E-state index in [0.717, 1.165) is 6.42 Å². The summed E-state index contributed by atoms with van der Waals surface area (Å²) in [5.41, 5.74) is 0. The standard InChI is InChI=1S/C14H28NO3P/c1-3-11-17-19(2,16)18-12-13-7-6-10-15-9-5-4-8-14(13)15/h13-14H,3-12H2,1-2H3/t13-,14+,19+/m0/s1. The zero-order valence-electron chi connectivity index (χ0n) is 12.3. The molecule has 0 aromatic rings. The van der Waals surface area contributed by atoms with Gasteiger partial charge in [0.15, 0.2) is 0 Å². The monoisotopic (exact) mass is 289 g/mol. The number of rotatable bonds is 6. The topological polar surface area (TPSA) is 38.8 Å². The van der Waals surface area contributed by atoms with Crippen LogP contribution in [0.2, 0.25) is 0 Å². The van der Waals surface area contributed by atoms with Crippen molar-refractivity contribution in [3.05, 3.63) is 0 Å². The van der Waals surface area contributed by atoms with Crippen LogP contribution in [0.25, 0.3) is 0 Å². The summed E-state index contributed by atoms with van der Waals surface area (Å²) in [4.78, 5) is 2.61. The lowest BCUT2D eigenvalue weighted by atomic mass is 9.84. The van der Waals surface area contributed by atoms with Gasteiger partial charge in [-0.25, -0.2) is 0 Å². The molecule has 2 heterocycles. The molecule has 0 amide bonds. The lowest BCUT2D eigenvalue weighted by Gasteiger charge is -2.44. The first-order valence-corrected chi connectivity index (χ1v) is 9.72. The third kappa shape index (κ3) is 4.56. The summed E-state index contributed by atoms with van der Waals surface area (Å²) in [6.07, 6.45) is 7.26. The highest BCUT2D eigenvalue weighted by Crippen LogP contribution is 2.45. The van der Waals surface area contributed by atoms with Gasteiger partial charge in [0.05, 0.1) is 13.2 Å². The largest absolute Gasteiger partial charge is 0.327 e. The number of hydrogen-bond acceptors (Lipinski definition) is 4. The third-order valence-electron chi connectivity index (χ3n) is 4.28. The Bertz CT molecular complexity index is 322. The first-order chi connectivity index (χ1) is 9.12. The molecule has 0 N–H and O–H groups in total. The summed E-state index contributed by atoms with van der Waals surface area (Å²) in [5.74, 6) is 0.535. The predicted octanol–water partition coefficient (Wildman–Crippen LogP) is 3.52. The van der Waals surface area contributed by atoms with E-state index < -0.39 is 7.60 Å². The molecule has 0 radical (unpaired) electrons. The predicted molar refractivity (Wildman–Crippen MR) is 77.7 cm³/mol. The Balaban J connectivity index is 1.82. The molecule has 5 heteroatoms. The molecule has 2 fully saturated rings. The van der Waals surface area contributed by atoms with Gasteiger partial charge >= 0.3 is 7.60 Å². The van der Waals surface area contributed by atoms with Gasteiger partial charge in [-0.2, -0.15) is 0 Å². The molecule has 2 saturated heterocycles. The van der Waals surface area contributed by atoms with Crippen molar-refractivity contribution in [1.82, 2.24) is 4.90 Å². The van der Waals surface area contributed by atoms with Gasteiger partial charge in [0, 0.05) is 12.7 Å². The van der Waals surface area contributed by atoms with Crippen LogP contribution in [-0.4, -0.2) is 43.9 Å². The second-order valence-corrected chi connectivity index (χ2v) is 7.96. The molecule has 4 nitrogen and oxygen atoms in total. The van der Waals surface area contributed by atoms with Gasteiger partial charge in [0.1, 0.15) is 0 Å². The molecule has 112 valence electrons. The number of hydrogen-bond donors (Lipinski definition) is 0. The van der Waals surface area contributed by atoms with Crippen LogP contribution in [0.1, 0.15) is 45.4 Å². The van der Waals surface area contributed by atoms with Gasteiger partial charge in [0.25, 0.3) is 0 Å². The fraction of sp³-hybridized carbons (Fsp3) is 1.00. The van der Waals surface area contributed by atoms with Crippen LogP contribution in [0.15, 0.2) is 0 Å². The Kier molecular flexibility index (Phi) is 5.88. The Morgan fingerprint density at radius 2 is 1.95 bits per heavy atom. The zero-order valence-corrected chi connectivity index (χ0v) is 13.2. The maximum absolute atomic E-state index is 12.1. The number of fused-ring (bicyclic) bond motifs is 1. The van der Waals surface area contributed by atoms with Crippen LogP contribution in [0.5, 0.6) is 0 Å². The zero-order chi connectivity index (χ0) is 13.7. The first kappa shape index (κ1) is 15.5. The summed E-state index contributed by atoms with van der Waals surface area (Å²) < 4.78 is 23.1. The van der Waals surface area contributed by atoms with Crippen LogP contribution in [-0.2, 0) is 13.6 Å². The minimum atomic E-state index is -2.84. The van der Waals surface area contributed by atoms with Gasteiger partial charge in [-0.05, 0) is 51.1 Å². The maximum Gasteiger partial charge on any atom is 0.327 e. The molecule has 0 aromatic heterocycles. The Morgan fingerprint density at radius 3 is 2.74 bits per heavy atom. The highest BCUT2D eigenvalue weighted by Gasteiger charge is 2.34. The van der Waals surface area contributed by atoms with Crippen LogP contribution < -0.4 is 0 Å². The molecule has 0 aromatic carbocycles. The van der Waals surface area contributed by atoms with Crippen LogP contribution >= 0.6 is 7.60 Å². The average Bonchev–Trinajstić information content (AvgIpc) is 2.43. The van der Waals surface area contributed by atoms with Gasteiger partial charge in [-0.1, -0.05) is 13.3 Å². The minimum Gasteiger partial charge on any atom is -0.309 e. The van der Waals surface area contributed by atoms with Crippen molar-refractivity contribution in [3.8, 4) is 0 Å². The average molecular weight is 289 g/mol. The molecule has 3 atom stereocenters. The van der Waals surface area contributed by atoms with Gasteiger partial charge in [0.2, 0.25) is 0 Å². The van der Waals surface area contributed by atoms with Gasteiger partial charge in [-0.3, -0.25) is 4.57 Å². The van der Waals surface area contributed by atoms with Crippen molar-refractivity contribution in [2.75, 3.05) is 33.0 Å². The molecular formula is C14H28NO3P. The highest BCUT2D eigenvalue weighted by molar-refractivity contribution is 7.52. The maximum atomic E-state index is 12.1. The molecule has 0 saturated carbocycles. The van der Waals surface area contributed by atoms with Gasteiger partial charge in [-0.15, -0.1) is 0 Å². The summed E-state index contributed by atoms with van der Waals surface area (Å²) >= 11 is 0. The quantitative estimate of drug-likeness (QED) is 0.701. The number of nitrogens with zero attached hydrogens (tertiary/aromatic N) is 1. The van der Waals surface area contributed by atoms with Crippen molar-refractivity contribution >= 4 is 7.60 Å². The fourth-order valence-electron chi connectivity index (χ4n) is 3.30. The molecule has 0 unspecified atom stereocenters. The molecule has 2 aliphatic rings. The lowest BCUT2D eigenvalue weighted by molar-refractivity contribution is 0.0329. The van der Waals surface area contributed by atoms with E-state index in [9.17, 15) is 4.57 Å². The van der Waals surface area contributed by atoms with Crippen molar-refractivity contribution in [2.45, 2.75) is 51.5 Å². The molecule has 2 aliphatic heterocycles. The van der Waals surface area contributed by atoms with E-state index in [-0.39, 0.29) is 0 Å². The molecule has 2 rings (SSSR count). The van der Waals surface area contributed by atoms with Crippen LogP contribution in [0, 0.1) is 5.92 Å². The highest BCUT2D eigenvalue weighted by atomic mass is 31.2. The van der Waals surface area contributed by atoms with E-state index in [1.807, 2.05) is 6.92 Å². The Hall–Kier alpha value is 0.110. The molecule has 19 heavy (non-hydrogen) atoms. The van der Waals surface area contributed by atoms with E-state index in [0.29, 0.717) is 25.2 Å². The van der Waals surface area contributed by atoms with E-state index in [4.69, 9.17) is 9.05 Å². The third-order valence-corrected chi connectivity index (χ3v) is 5.55. The second-order valence-electron chi connectivity index (χ2n) is 5.90. The normalized spacial score (nSPS) is 31.7. The SMILES string of the molecule is CCCO[P@@](C)(=O)OC[C@@H]1CCCN2CCCC[C@H]12. The number of piperidine rings is 2.